The van der Waals surface area contributed by atoms with Crippen LogP contribution in [0.2, 0.25) is 0 Å². The van der Waals surface area contributed by atoms with Crippen LogP contribution in [0.15, 0.2) is 18.2 Å². The molecule has 0 saturated heterocycles. The second-order valence-electron chi connectivity index (χ2n) is 6.39. The van der Waals surface area contributed by atoms with E-state index in [1.165, 1.54) is 0 Å². The van der Waals surface area contributed by atoms with Gasteiger partial charge in [0.25, 0.3) is 0 Å². The first-order chi connectivity index (χ1) is 9.67. The van der Waals surface area contributed by atoms with E-state index in [1.807, 2.05) is 46.8 Å². The summed E-state index contributed by atoms with van der Waals surface area (Å²) in [6.45, 7) is 10.4. The lowest BCUT2D eigenvalue weighted by Gasteiger charge is -2.20. The van der Waals surface area contributed by atoms with E-state index in [1.54, 1.807) is 6.07 Å². The minimum absolute atomic E-state index is 0.0316. The van der Waals surface area contributed by atoms with Gasteiger partial charge in [0.1, 0.15) is 5.75 Å². The van der Waals surface area contributed by atoms with E-state index in [-0.39, 0.29) is 17.6 Å². The molecule has 0 aromatic heterocycles. The van der Waals surface area contributed by atoms with Crippen molar-refractivity contribution in [2.24, 2.45) is 0 Å². The van der Waals surface area contributed by atoms with Crippen LogP contribution in [-0.2, 0) is 4.79 Å². The van der Waals surface area contributed by atoms with Crippen molar-refractivity contribution in [2.75, 3.05) is 17.6 Å². The van der Waals surface area contributed by atoms with Gasteiger partial charge in [0.15, 0.2) is 0 Å². The van der Waals surface area contributed by atoms with Crippen molar-refractivity contribution in [3.63, 3.8) is 0 Å². The molecule has 0 fully saturated rings. The fourth-order valence-corrected chi connectivity index (χ4v) is 1.80. The average Bonchev–Trinajstić information content (AvgIpc) is 2.30. The Hall–Kier alpha value is -1.91. The molecule has 0 aliphatic carbocycles. The smallest absolute Gasteiger partial charge is 0.222 e. The number of benzene rings is 1. The second kappa shape index (κ2) is 7.20. The largest absolute Gasteiger partial charge is 0.489 e. The van der Waals surface area contributed by atoms with E-state index in [4.69, 9.17) is 10.5 Å². The Bertz CT molecular complexity index is 479. The first-order valence-electron chi connectivity index (χ1n) is 7.28. The number of carbonyl (C=O) groups excluding carboxylic acids is 1. The highest BCUT2D eigenvalue weighted by molar-refractivity contribution is 5.77. The number of anilines is 2. The molecule has 1 aromatic rings. The van der Waals surface area contributed by atoms with Gasteiger partial charge in [-0.25, -0.2) is 0 Å². The van der Waals surface area contributed by atoms with Crippen LogP contribution in [0.1, 0.15) is 41.0 Å². The van der Waals surface area contributed by atoms with Gasteiger partial charge in [0, 0.05) is 30.3 Å². The Labute approximate surface area is 127 Å². The molecular formula is C16H27N3O2. The Morgan fingerprint density at radius 3 is 2.57 bits per heavy atom. The molecule has 0 bridgehead atoms. The van der Waals surface area contributed by atoms with Crippen molar-refractivity contribution >= 4 is 17.3 Å². The van der Waals surface area contributed by atoms with E-state index in [9.17, 15) is 4.79 Å². The van der Waals surface area contributed by atoms with Crippen LogP contribution in [0.5, 0.6) is 5.75 Å². The third-order valence-corrected chi connectivity index (χ3v) is 2.57. The molecule has 0 aliphatic heterocycles. The van der Waals surface area contributed by atoms with Crippen LogP contribution in [0.25, 0.3) is 0 Å². The predicted molar refractivity (Wildman–Crippen MR) is 87.6 cm³/mol. The van der Waals surface area contributed by atoms with E-state index < -0.39 is 0 Å². The summed E-state index contributed by atoms with van der Waals surface area (Å²) in [4.78, 5) is 11.7. The maximum Gasteiger partial charge on any atom is 0.222 e. The maximum atomic E-state index is 11.7. The lowest BCUT2D eigenvalue weighted by Crippen LogP contribution is -2.41. The van der Waals surface area contributed by atoms with Gasteiger partial charge in [-0.1, -0.05) is 0 Å². The van der Waals surface area contributed by atoms with Crippen LogP contribution in [0.4, 0.5) is 11.4 Å². The molecule has 0 radical (unpaired) electrons. The molecule has 1 aromatic carbocycles. The fraction of sp³-hybridized carbons (Fsp3) is 0.562. The normalized spacial score (nSPS) is 11.3. The number of hydrogen-bond donors (Lipinski definition) is 3. The summed E-state index contributed by atoms with van der Waals surface area (Å²) in [5, 5.41) is 6.13. The number of nitrogens with one attached hydrogen (secondary N) is 2. The zero-order valence-corrected chi connectivity index (χ0v) is 13.6. The molecule has 118 valence electrons. The van der Waals surface area contributed by atoms with Crippen molar-refractivity contribution in [3.05, 3.63) is 18.2 Å². The molecule has 5 nitrogen and oxygen atoms in total. The monoisotopic (exact) mass is 293 g/mol. The molecule has 0 heterocycles. The van der Waals surface area contributed by atoms with Crippen molar-refractivity contribution < 1.29 is 9.53 Å². The molecule has 4 N–H and O–H groups in total. The molecule has 0 spiro atoms. The number of nitrogens with two attached hydrogens (primary N) is 1. The molecular weight excluding hydrogens is 266 g/mol. The quantitative estimate of drug-likeness (QED) is 0.705. The summed E-state index contributed by atoms with van der Waals surface area (Å²) in [6, 6.07) is 5.54. The lowest BCUT2D eigenvalue weighted by molar-refractivity contribution is -0.122. The SMILES string of the molecule is CC(C)Oc1cc(NCCC(=O)NC(C)(C)C)ccc1N. The molecule has 0 unspecified atom stereocenters. The minimum atomic E-state index is -0.198. The molecule has 0 atom stereocenters. The highest BCUT2D eigenvalue weighted by Gasteiger charge is 2.13. The molecule has 5 heteroatoms. The molecule has 1 rings (SSSR count). The van der Waals surface area contributed by atoms with Gasteiger partial charge < -0.3 is 21.1 Å². The van der Waals surface area contributed by atoms with Crippen molar-refractivity contribution in [3.8, 4) is 5.75 Å². The van der Waals surface area contributed by atoms with E-state index in [2.05, 4.69) is 10.6 Å². The summed E-state index contributed by atoms with van der Waals surface area (Å²) in [5.41, 5.74) is 7.17. The Balaban J connectivity index is 2.51. The van der Waals surface area contributed by atoms with Gasteiger partial charge >= 0.3 is 0 Å². The van der Waals surface area contributed by atoms with Crippen LogP contribution in [0, 0.1) is 0 Å². The van der Waals surface area contributed by atoms with Crippen molar-refractivity contribution in [2.45, 2.75) is 52.7 Å². The predicted octanol–water partition coefficient (Wildman–Crippen LogP) is 2.77. The summed E-state index contributed by atoms with van der Waals surface area (Å²) < 4.78 is 5.63. The Morgan fingerprint density at radius 2 is 2.00 bits per heavy atom. The molecule has 21 heavy (non-hydrogen) atoms. The summed E-state index contributed by atoms with van der Waals surface area (Å²) in [5.74, 6) is 0.693. The van der Waals surface area contributed by atoms with Crippen LogP contribution >= 0.6 is 0 Å². The van der Waals surface area contributed by atoms with Gasteiger partial charge in [0.2, 0.25) is 5.91 Å². The van der Waals surface area contributed by atoms with E-state index in [0.29, 0.717) is 24.4 Å². The highest BCUT2D eigenvalue weighted by atomic mass is 16.5. The van der Waals surface area contributed by atoms with E-state index in [0.717, 1.165) is 5.69 Å². The topological polar surface area (TPSA) is 76.4 Å². The highest BCUT2D eigenvalue weighted by Crippen LogP contribution is 2.26. The van der Waals surface area contributed by atoms with Gasteiger partial charge in [0.05, 0.1) is 11.8 Å². The number of rotatable bonds is 6. The zero-order valence-electron chi connectivity index (χ0n) is 13.6. The Morgan fingerprint density at radius 1 is 1.33 bits per heavy atom. The van der Waals surface area contributed by atoms with Crippen LogP contribution in [-0.4, -0.2) is 24.1 Å². The number of carbonyl (C=O) groups is 1. The first kappa shape index (κ1) is 17.1. The number of ether oxygens (including phenoxy) is 1. The first-order valence-corrected chi connectivity index (χ1v) is 7.28. The van der Waals surface area contributed by atoms with Crippen LogP contribution < -0.4 is 21.1 Å². The minimum Gasteiger partial charge on any atom is -0.489 e. The number of nitrogen functional groups attached to an aromatic ring is 1. The van der Waals surface area contributed by atoms with Gasteiger partial charge in [-0.15, -0.1) is 0 Å². The third-order valence-electron chi connectivity index (χ3n) is 2.57. The second-order valence-corrected chi connectivity index (χ2v) is 6.39. The van der Waals surface area contributed by atoms with Crippen molar-refractivity contribution in [1.29, 1.82) is 0 Å². The summed E-state index contributed by atoms with van der Waals surface area (Å²) in [6.07, 6.45) is 0.488. The number of hydrogen-bond acceptors (Lipinski definition) is 4. The summed E-state index contributed by atoms with van der Waals surface area (Å²) in [7, 11) is 0. The van der Waals surface area contributed by atoms with Gasteiger partial charge in [-0.2, -0.15) is 0 Å². The van der Waals surface area contributed by atoms with Gasteiger partial charge in [-0.05, 0) is 46.8 Å². The van der Waals surface area contributed by atoms with E-state index >= 15 is 0 Å². The van der Waals surface area contributed by atoms with Gasteiger partial charge in [-0.3, -0.25) is 4.79 Å². The average molecular weight is 293 g/mol. The Kier molecular flexibility index (Phi) is 5.88. The molecule has 1 amide bonds. The third kappa shape index (κ3) is 6.88. The number of amides is 1. The van der Waals surface area contributed by atoms with Crippen LogP contribution in [0.3, 0.4) is 0 Å². The lowest BCUT2D eigenvalue weighted by atomic mass is 10.1. The standard InChI is InChI=1S/C16H27N3O2/c1-11(2)21-14-10-12(6-7-13(14)17)18-9-8-15(20)19-16(3,4)5/h6-7,10-11,18H,8-9,17H2,1-5H3,(H,19,20). The maximum absolute atomic E-state index is 11.7. The van der Waals surface area contributed by atoms with Crippen molar-refractivity contribution in [1.82, 2.24) is 5.32 Å². The fourth-order valence-electron chi connectivity index (χ4n) is 1.80. The zero-order chi connectivity index (χ0) is 16.0. The molecule has 0 aliphatic rings. The summed E-state index contributed by atoms with van der Waals surface area (Å²) >= 11 is 0. The molecule has 0 saturated carbocycles.